The van der Waals surface area contributed by atoms with Crippen LogP contribution in [-0.4, -0.2) is 60.3 Å². The van der Waals surface area contributed by atoms with Crippen LogP contribution in [0.15, 0.2) is 54.6 Å². The molecule has 0 radical (unpaired) electrons. The first kappa shape index (κ1) is 18.5. The Bertz CT molecular complexity index is 721. The van der Waals surface area contributed by atoms with E-state index in [2.05, 4.69) is 46.2 Å². The molecule has 2 heterocycles. The minimum absolute atomic E-state index is 0.277. The molecule has 2 saturated heterocycles. The van der Waals surface area contributed by atoms with Crippen molar-refractivity contribution in [3.05, 3.63) is 65.7 Å². The van der Waals surface area contributed by atoms with Crippen LogP contribution in [0.1, 0.15) is 29.9 Å². The summed E-state index contributed by atoms with van der Waals surface area (Å²) in [4.78, 5) is 5.07. The van der Waals surface area contributed by atoms with E-state index in [-0.39, 0.29) is 6.10 Å². The quantitative estimate of drug-likeness (QED) is 0.879. The fraction of sp³-hybridized carbons (Fsp3) is 0.478. The van der Waals surface area contributed by atoms with E-state index in [9.17, 15) is 5.11 Å². The van der Waals surface area contributed by atoms with Crippen LogP contribution < -0.4 is 0 Å². The third-order valence-electron chi connectivity index (χ3n) is 5.76. The maximum Gasteiger partial charge on any atom is 0.115 e. The van der Waals surface area contributed by atoms with Gasteiger partial charge in [-0.05, 0) is 48.6 Å². The van der Waals surface area contributed by atoms with Crippen molar-refractivity contribution in [2.24, 2.45) is 0 Å². The average Bonchev–Trinajstić information content (AvgIpc) is 3.03. The van der Waals surface area contributed by atoms with Crippen molar-refractivity contribution in [3.63, 3.8) is 0 Å². The van der Waals surface area contributed by atoms with E-state index in [0.717, 1.165) is 58.7 Å². The lowest BCUT2D eigenvalue weighted by molar-refractivity contribution is 0.0305. The van der Waals surface area contributed by atoms with Crippen molar-refractivity contribution in [1.82, 2.24) is 9.80 Å². The van der Waals surface area contributed by atoms with Crippen molar-refractivity contribution in [3.8, 4) is 5.75 Å². The molecule has 27 heavy (non-hydrogen) atoms. The lowest BCUT2D eigenvalue weighted by Gasteiger charge is -2.27. The van der Waals surface area contributed by atoms with Gasteiger partial charge in [-0.1, -0.05) is 42.5 Å². The van der Waals surface area contributed by atoms with Crippen molar-refractivity contribution < 1.29 is 9.84 Å². The van der Waals surface area contributed by atoms with Gasteiger partial charge in [-0.15, -0.1) is 0 Å². The van der Waals surface area contributed by atoms with E-state index in [1.807, 2.05) is 12.1 Å². The van der Waals surface area contributed by atoms with Gasteiger partial charge in [-0.2, -0.15) is 0 Å². The smallest absolute Gasteiger partial charge is 0.115 e. The van der Waals surface area contributed by atoms with Gasteiger partial charge in [0, 0.05) is 39.3 Å². The summed E-state index contributed by atoms with van der Waals surface area (Å²) in [7, 11) is 0. The summed E-state index contributed by atoms with van der Waals surface area (Å²) in [5.41, 5.74) is 2.63. The van der Waals surface area contributed by atoms with Gasteiger partial charge in [-0.25, -0.2) is 0 Å². The number of likely N-dealkylation sites (tertiary alicyclic amines) is 1. The molecule has 2 atom stereocenters. The highest BCUT2D eigenvalue weighted by Crippen LogP contribution is 2.29. The standard InChI is InChI=1S/C23H30N2O2/c26-22-9-4-8-20(14-22)21-10-12-25(16-21)18-23-17-24(11-5-13-27-23)15-19-6-2-1-3-7-19/h1-4,6-9,14,21,23,26H,5,10-13,15-18H2. The first-order chi connectivity index (χ1) is 13.3. The monoisotopic (exact) mass is 366 g/mol. The topological polar surface area (TPSA) is 35.9 Å². The second-order valence-corrected chi connectivity index (χ2v) is 7.91. The number of phenols is 1. The van der Waals surface area contributed by atoms with Crippen LogP contribution in [0.5, 0.6) is 5.75 Å². The van der Waals surface area contributed by atoms with E-state index >= 15 is 0 Å². The number of phenolic OH excluding ortho intramolecular Hbond substituents is 1. The number of nitrogens with zero attached hydrogens (tertiary/aromatic N) is 2. The third-order valence-corrected chi connectivity index (χ3v) is 5.76. The van der Waals surface area contributed by atoms with Gasteiger partial charge < -0.3 is 14.7 Å². The van der Waals surface area contributed by atoms with Crippen molar-refractivity contribution in [1.29, 1.82) is 0 Å². The molecule has 2 aromatic rings. The molecule has 4 heteroatoms. The summed E-state index contributed by atoms with van der Waals surface area (Å²) in [5.74, 6) is 0.887. The number of rotatable bonds is 5. The second kappa shape index (κ2) is 8.87. The zero-order valence-corrected chi connectivity index (χ0v) is 16.0. The summed E-state index contributed by atoms with van der Waals surface area (Å²) in [6, 6.07) is 18.5. The molecule has 2 aliphatic heterocycles. The number of ether oxygens (including phenoxy) is 1. The Hall–Kier alpha value is -1.88. The molecule has 144 valence electrons. The molecule has 0 saturated carbocycles. The van der Waals surface area contributed by atoms with Crippen LogP contribution in [0.3, 0.4) is 0 Å². The van der Waals surface area contributed by atoms with Crippen LogP contribution in [0.2, 0.25) is 0 Å². The fourth-order valence-electron chi connectivity index (χ4n) is 4.40. The van der Waals surface area contributed by atoms with Gasteiger partial charge >= 0.3 is 0 Å². The molecule has 2 aromatic carbocycles. The van der Waals surface area contributed by atoms with Gasteiger partial charge in [0.1, 0.15) is 5.75 Å². The van der Waals surface area contributed by atoms with E-state index < -0.39 is 0 Å². The van der Waals surface area contributed by atoms with Gasteiger partial charge in [0.2, 0.25) is 0 Å². The Morgan fingerprint density at radius 3 is 2.70 bits per heavy atom. The van der Waals surface area contributed by atoms with Crippen molar-refractivity contribution in [2.75, 3.05) is 39.3 Å². The fourth-order valence-corrected chi connectivity index (χ4v) is 4.40. The van der Waals surface area contributed by atoms with Crippen LogP contribution in [0.4, 0.5) is 0 Å². The Morgan fingerprint density at radius 2 is 1.85 bits per heavy atom. The van der Waals surface area contributed by atoms with Gasteiger partial charge in [-0.3, -0.25) is 4.90 Å². The van der Waals surface area contributed by atoms with Crippen molar-refractivity contribution in [2.45, 2.75) is 31.4 Å². The van der Waals surface area contributed by atoms with Crippen molar-refractivity contribution >= 4 is 0 Å². The highest BCUT2D eigenvalue weighted by molar-refractivity contribution is 5.30. The summed E-state index contributed by atoms with van der Waals surface area (Å²) >= 11 is 0. The van der Waals surface area contributed by atoms with Crippen LogP contribution in [0, 0.1) is 0 Å². The Balaban J connectivity index is 1.32. The van der Waals surface area contributed by atoms with Gasteiger partial charge in [0.15, 0.2) is 0 Å². The molecule has 0 amide bonds. The summed E-state index contributed by atoms with van der Waals surface area (Å²) in [6.07, 6.45) is 2.54. The molecule has 2 fully saturated rings. The third kappa shape index (κ3) is 5.10. The Kier molecular flexibility index (Phi) is 6.07. The van der Waals surface area contributed by atoms with Gasteiger partial charge in [0.05, 0.1) is 6.10 Å². The highest BCUT2D eigenvalue weighted by atomic mass is 16.5. The number of hydrogen-bond acceptors (Lipinski definition) is 4. The summed E-state index contributed by atoms with van der Waals surface area (Å²) in [6.45, 7) is 7.15. The molecule has 0 spiro atoms. The van der Waals surface area contributed by atoms with E-state index in [0.29, 0.717) is 11.7 Å². The molecular weight excluding hydrogens is 336 g/mol. The lowest BCUT2D eigenvalue weighted by atomic mass is 9.98. The lowest BCUT2D eigenvalue weighted by Crippen LogP contribution is -2.39. The average molecular weight is 367 g/mol. The van der Waals surface area contributed by atoms with E-state index in [1.165, 1.54) is 11.1 Å². The molecule has 4 rings (SSSR count). The minimum atomic E-state index is 0.277. The predicted octanol–water partition coefficient (Wildman–Crippen LogP) is 3.47. The van der Waals surface area contributed by atoms with E-state index in [4.69, 9.17) is 4.74 Å². The summed E-state index contributed by atoms with van der Waals surface area (Å²) in [5, 5.41) is 9.74. The summed E-state index contributed by atoms with van der Waals surface area (Å²) < 4.78 is 6.17. The number of aromatic hydroxyl groups is 1. The van der Waals surface area contributed by atoms with Crippen LogP contribution in [-0.2, 0) is 11.3 Å². The first-order valence-corrected chi connectivity index (χ1v) is 10.2. The molecule has 0 aromatic heterocycles. The minimum Gasteiger partial charge on any atom is -0.508 e. The second-order valence-electron chi connectivity index (χ2n) is 7.91. The SMILES string of the molecule is Oc1cccc(C2CCN(CC3CN(Cc4ccccc4)CCCO3)C2)c1. The molecule has 2 unspecified atom stereocenters. The highest BCUT2D eigenvalue weighted by Gasteiger charge is 2.28. The predicted molar refractivity (Wildman–Crippen MR) is 108 cm³/mol. The molecule has 0 bridgehead atoms. The van der Waals surface area contributed by atoms with Gasteiger partial charge in [0.25, 0.3) is 0 Å². The number of hydrogen-bond donors (Lipinski definition) is 1. The maximum atomic E-state index is 9.74. The van der Waals surface area contributed by atoms with Crippen LogP contribution in [0.25, 0.3) is 0 Å². The Morgan fingerprint density at radius 1 is 0.963 bits per heavy atom. The molecule has 4 nitrogen and oxygen atoms in total. The molecular formula is C23H30N2O2. The Labute approximate surface area is 162 Å². The van der Waals surface area contributed by atoms with E-state index in [1.54, 1.807) is 6.07 Å². The first-order valence-electron chi connectivity index (χ1n) is 10.2. The number of benzene rings is 2. The zero-order valence-electron chi connectivity index (χ0n) is 16.0. The molecule has 1 N–H and O–H groups in total. The largest absolute Gasteiger partial charge is 0.508 e. The molecule has 0 aliphatic carbocycles. The van der Waals surface area contributed by atoms with Crippen LogP contribution >= 0.6 is 0 Å². The molecule has 2 aliphatic rings. The normalized spacial score (nSPS) is 24.7. The zero-order chi connectivity index (χ0) is 18.5. The maximum absolute atomic E-state index is 9.74.